The lowest BCUT2D eigenvalue weighted by molar-refractivity contribution is 0.475. The fourth-order valence-corrected chi connectivity index (χ4v) is 1.91. The zero-order chi connectivity index (χ0) is 12.7. The average Bonchev–Trinajstić information content (AvgIpc) is 2.66. The summed E-state index contributed by atoms with van der Waals surface area (Å²) in [5.74, 6) is 0.188. The smallest absolute Gasteiger partial charge is 0.178 e. The summed E-state index contributed by atoms with van der Waals surface area (Å²) in [6.07, 6.45) is 3.62. The molecule has 0 radical (unpaired) electrons. The van der Waals surface area contributed by atoms with Crippen LogP contribution in [-0.4, -0.2) is 19.7 Å². The molecule has 0 atom stereocenters. The molecule has 0 aliphatic heterocycles. The number of aromatic hydroxyl groups is 1. The summed E-state index contributed by atoms with van der Waals surface area (Å²) in [7, 11) is 0. The monoisotopic (exact) mass is 240 g/mol. The summed E-state index contributed by atoms with van der Waals surface area (Å²) in [4.78, 5) is 4.26. The number of phenols is 1. The van der Waals surface area contributed by atoms with Gasteiger partial charge in [0.25, 0.3) is 0 Å². The topological polar surface area (TPSA) is 76.4 Å². The Kier molecular flexibility index (Phi) is 2.19. The number of rotatable bonds is 1. The van der Waals surface area contributed by atoms with Crippen LogP contribution in [-0.2, 0) is 0 Å². The Labute approximate surface area is 104 Å². The number of phenolic OH excluding ortho intramolecular Hbond substituents is 1. The average molecular weight is 240 g/mol. The maximum Gasteiger partial charge on any atom is 0.178 e. The zero-order valence-electron chi connectivity index (χ0n) is 9.83. The van der Waals surface area contributed by atoms with Gasteiger partial charge < -0.3 is 10.8 Å². The Morgan fingerprint density at radius 3 is 2.94 bits per heavy atom. The van der Waals surface area contributed by atoms with Gasteiger partial charge in [-0.1, -0.05) is 12.1 Å². The summed E-state index contributed by atoms with van der Waals surface area (Å²) in [6.45, 7) is 1.94. The summed E-state index contributed by atoms with van der Waals surface area (Å²) >= 11 is 0. The van der Waals surface area contributed by atoms with Gasteiger partial charge in [-0.3, -0.25) is 0 Å². The molecule has 0 amide bonds. The van der Waals surface area contributed by atoms with Crippen LogP contribution >= 0.6 is 0 Å². The van der Waals surface area contributed by atoms with Crippen molar-refractivity contribution in [2.24, 2.45) is 0 Å². The molecular weight excluding hydrogens is 228 g/mol. The highest BCUT2D eigenvalue weighted by molar-refractivity contribution is 5.83. The van der Waals surface area contributed by atoms with Gasteiger partial charge in [-0.25, -0.2) is 9.50 Å². The minimum absolute atomic E-state index is 0.188. The third kappa shape index (κ3) is 1.57. The van der Waals surface area contributed by atoms with Gasteiger partial charge in [0.15, 0.2) is 5.65 Å². The van der Waals surface area contributed by atoms with E-state index in [2.05, 4.69) is 10.1 Å². The predicted molar refractivity (Wildman–Crippen MR) is 69.2 cm³/mol. The van der Waals surface area contributed by atoms with Crippen LogP contribution in [0.3, 0.4) is 0 Å². The van der Waals surface area contributed by atoms with E-state index in [0.717, 1.165) is 11.1 Å². The van der Waals surface area contributed by atoms with Crippen LogP contribution in [0.15, 0.2) is 36.7 Å². The summed E-state index contributed by atoms with van der Waals surface area (Å²) in [5.41, 5.74) is 9.59. The largest absolute Gasteiger partial charge is 0.508 e. The molecule has 0 saturated carbocycles. The number of aromatic nitrogens is 3. The molecule has 0 aliphatic carbocycles. The number of nitrogen functional groups attached to an aromatic ring is 1. The second-order valence-corrected chi connectivity index (χ2v) is 4.21. The fourth-order valence-electron chi connectivity index (χ4n) is 1.91. The van der Waals surface area contributed by atoms with Gasteiger partial charge in [0.2, 0.25) is 0 Å². The van der Waals surface area contributed by atoms with Crippen LogP contribution < -0.4 is 5.73 Å². The van der Waals surface area contributed by atoms with Crippen molar-refractivity contribution in [2.75, 3.05) is 5.73 Å². The van der Waals surface area contributed by atoms with Crippen molar-refractivity contribution >= 4 is 11.3 Å². The minimum atomic E-state index is 0.188. The second kappa shape index (κ2) is 3.73. The fraction of sp³-hybridized carbons (Fsp3) is 0.0769. The van der Waals surface area contributed by atoms with E-state index in [1.54, 1.807) is 28.9 Å². The Hall–Kier alpha value is -2.56. The molecule has 2 aromatic heterocycles. The number of nitrogens with two attached hydrogens (primary N) is 1. The Bertz CT molecular complexity index is 733. The Balaban J connectivity index is 2.27. The van der Waals surface area contributed by atoms with Crippen molar-refractivity contribution in [2.45, 2.75) is 6.92 Å². The lowest BCUT2D eigenvalue weighted by atomic mass is 10.1. The maximum absolute atomic E-state index is 9.49. The molecule has 0 bridgehead atoms. The lowest BCUT2D eigenvalue weighted by Gasteiger charge is -1.98. The van der Waals surface area contributed by atoms with Crippen molar-refractivity contribution in [3.63, 3.8) is 0 Å². The van der Waals surface area contributed by atoms with Crippen LogP contribution in [0.4, 0.5) is 5.69 Å². The van der Waals surface area contributed by atoms with E-state index in [9.17, 15) is 5.11 Å². The molecule has 0 fully saturated rings. The minimum Gasteiger partial charge on any atom is -0.508 e. The van der Waals surface area contributed by atoms with Crippen LogP contribution in [0.5, 0.6) is 5.75 Å². The Morgan fingerprint density at radius 1 is 1.33 bits per heavy atom. The molecule has 3 rings (SSSR count). The predicted octanol–water partition coefficient (Wildman–Crippen LogP) is 1.99. The molecule has 0 saturated heterocycles. The van der Waals surface area contributed by atoms with E-state index in [4.69, 9.17) is 5.73 Å². The van der Waals surface area contributed by atoms with Gasteiger partial charge in [-0.05, 0) is 24.6 Å². The van der Waals surface area contributed by atoms with E-state index < -0.39 is 0 Å². The summed E-state index contributed by atoms with van der Waals surface area (Å²) in [5, 5.41) is 13.9. The van der Waals surface area contributed by atoms with Crippen molar-refractivity contribution in [3.8, 4) is 17.0 Å². The third-order valence-corrected chi connectivity index (χ3v) is 2.76. The Morgan fingerprint density at radius 2 is 2.17 bits per heavy atom. The molecule has 3 N–H and O–H groups in total. The molecule has 0 aliphatic rings. The van der Waals surface area contributed by atoms with Crippen molar-refractivity contribution in [1.82, 2.24) is 14.6 Å². The normalized spacial score (nSPS) is 10.9. The highest BCUT2D eigenvalue weighted by Gasteiger charge is 2.12. The summed E-state index contributed by atoms with van der Waals surface area (Å²) in [6, 6.07) is 6.85. The van der Waals surface area contributed by atoms with Crippen molar-refractivity contribution in [1.29, 1.82) is 0 Å². The number of fused-ring (bicyclic) bond motifs is 1. The number of hydrogen-bond acceptors (Lipinski definition) is 4. The van der Waals surface area contributed by atoms with Crippen LogP contribution in [0.2, 0.25) is 0 Å². The summed E-state index contributed by atoms with van der Waals surface area (Å²) < 4.78 is 1.66. The number of nitrogens with zero attached hydrogens (tertiary/aromatic N) is 3. The van der Waals surface area contributed by atoms with Crippen LogP contribution in [0.25, 0.3) is 16.9 Å². The molecule has 1 aromatic carbocycles. The molecule has 0 spiro atoms. The zero-order valence-corrected chi connectivity index (χ0v) is 9.83. The van der Waals surface area contributed by atoms with E-state index in [0.29, 0.717) is 17.0 Å². The van der Waals surface area contributed by atoms with Gasteiger partial charge in [-0.2, -0.15) is 5.10 Å². The molecule has 5 nitrogen and oxygen atoms in total. The standard InChI is InChI=1S/C13H12N4O/c1-8-6-15-13-11(14)12(16-17(13)7-8)9-3-2-4-10(18)5-9/h2-7,18H,14H2,1H3. The molecule has 2 heterocycles. The van der Waals surface area contributed by atoms with Crippen LogP contribution in [0, 0.1) is 6.92 Å². The van der Waals surface area contributed by atoms with Gasteiger partial charge in [0, 0.05) is 18.0 Å². The van der Waals surface area contributed by atoms with Gasteiger partial charge in [0.05, 0.1) is 0 Å². The lowest BCUT2D eigenvalue weighted by Crippen LogP contribution is -1.92. The van der Waals surface area contributed by atoms with Crippen LogP contribution in [0.1, 0.15) is 5.56 Å². The van der Waals surface area contributed by atoms with E-state index in [-0.39, 0.29) is 5.75 Å². The van der Waals surface area contributed by atoms with Gasteiger partial charge >= 0.3 is 0 Å². The van der Waals surface area contributed by atoms with Gasteiger partial charge in [-0.15, -0.1) is 0 Å². The number of benzene rings is 1. The third-order valence-electron chi connectivity index (χ3n) is 2.76. The molecule has 90 valence electrons. The molecular formula is C13H12N4O. The molecule has 0 unspecified atom stereocenters. The van der Waals surface area contributed by atoms with E-state index in [1.165, 1.54) is 0 Å². The number of anilines is 1. The molecule has 18 heavy (non-hydrogen) atoms. The van der Waals surface area contributed by atoms with Crippen molar-refractivity contribution in [3.05, 3.63) is 42.2 Å². The highest BCUT2D eigenvalue weighted by Crippen LogP contribution is 2.29. The maximum atomic E-state index is 9.49. The first kappa shape index (κ1) is 10.6. The SMILES string of the molecule is Cc1cnc2c(N)c(-c3cccc(O)c3)nn2c1. The first-order chi connectivity index (χ1) is 8.65. The van der Waals surface area contributed by atoms with Crippen molar-refractivity contribution < 1.29 is 5.11 Å². The molecule has 5 heteroatoms. The van der Waals surface area contributed by atoms with E-state index >= 15 is 0 Å². The number of aryl methyl sites for hydroxylation is 1. The molecule has 3 aromatic rings. The van der Waals surface area contributed by atoms with E-state index in [1.807, 2.05) is 19.2 Å². The highest BCUT2D eigenvalue weighted by atomic mass is 16.3. The first-order valence-electron chi connectivity index (χ1n) is 5.55. The quantitative estimate of drug-likeness (QED) is 0.682. The second-order valence-electron chi connectivity index (χ2n) is 4.21. The first-order valence-corrected chi connectivity index (χ1v) is 5.55. The number of hydrogen-bond donors (Lipinski definition) is 2. The van der Waals surface area contributed by atoms with Gasteiger partial charge in [0.1, 0.15) is 17.1 Å².